The van der Waals surface area contributed by atoms with E-state index >= 15 is 0 Å². The number of hydrogen-bond donors (Lipinski definition) is 1. The van der Waals surface area contributed by atoms with Gasteiger partial charge in [-0.15, -0.1) is 13.2 Å². The molecule has 0 aliphatic rings. The van der Waals surface area contributed by atoms with Crippen LogP contribution in [-0.4, -0.2) is 22.7 Å². The molecule has 0 atom stereocenters. The second-order valence-corrected chi connectivity index (χ2v) is 2.24. The standard InChI is InChI=1S/C7H4F3NO3/c8-7(9,10)14-6-1-4(3-12)11-2-5(6)13/h1-3,13H. The number of aldehydes is 1. The molecule has 0 radical (unpaired) electrons. The van der Waals surface area contributed by atoms with E-state index in [0.29, 0.717) is 12.3 Å². The summed E-state index contributed by atoms with van der Waals surface area (Å²) in [6.45, 7) is 0. The number of ether oxygens (including phenoxy) is 1. The van der Waals surface area contributed by atoms with Gasteiger partial charge in [0.15, 0.2) is 17.8 Å². The first kappa shape index (κ1) is 10.3. The van der Waals surface area contributed by atoms with Crippen molar-refractivity contribution in [1.29, 1.82) is 0 Å². The van der Waals surface area contributed by atoms with E-state index in [1.54, 1.807) is 0 Å². The molecule has 1 aromatic rings. The average Bonchev–Trinajstić information content (AvgIpc) is 2.06. The second-order valence-electron chi connectivity index (χ2n) is 2.24. The lowest BCUT2D eigenvalue weighted by molar-refractivity contribution is -0.275. The van der Waals surface area contributed by atoms with Crippen molar-refractivity contribution in [3.63, 3.8) is 0 Å². The zero-order valence-corrected chi connectivity index (χ0v) is 6.58. The molecule has 7 heteroatoms. The van der Waals surface area contributed by atoms with E-state index in [2.05, 4.69) is 9.72 Å². The Morgan fingerprint density at radius 1 is 1.50 bits per heavy atom. The molecule has 0 aliphatic heterocycles. The Kier molecular flexibility index (Phi) is 2.59. The Hall–Kier alpha value is -1.79. The van der Waals surface area contributed by atoms with Crippen LogP contribution in [0.2, 0.25) is 0 Å². The molecule has 0 saturated heterocycles. The summed E-state index contributed by atoms with van der Waals surface area (Å²) < 4.78 is 38.6. The van der Waals surface area contributed by atoms with Gasteiger partial charge in [-0.05, 0) is 0 Å². The van der Waals surface area contributed by atoms with Gasteiger partial charge in [0.2, 0.25) is 0 Å². The van der Waals surface area contributed by atoms with Crippen LogP contribution in [0.3, 0.4) is 0 Å². The van der Waals surface area contributed by atoms with Crippen molar-refractivity contribution in [3.05, 3.63) is 18.0 Å². The molecule has 0 aromatic carbocycles. The van der Waals surface area contributed by atoms with Crippen LogP contribution in [0.25, 0.3) is 0 Å². The van der Waals surface area contributed by atoms with Gasteiger partial charge in [0.25, 0.3) is 0 Å². The van der Waals surface area contributed by atoms with Crippen LogP contribution in [-0.2, 0) is 0 Å². The maximum atomic E-state index is 11.7. The summed E-state index contributed by atoms with van der Waals surface area (Å²) in [5.41, 5.74) is -0.262. The fraction of sp³-hybridized carbons (Fsp3) is 0.143. The number of carbonyl (C=O) groups is 1. The largest absolute Gasteiger partial charge is 0.573 e. The molecule has 0 amide bonds. The predicted octanol–water partition coefficient (Wildman–Crippen LogP) is 1.50. The van der Waals surface area contributed by atoms with Gasteiger partial charge in [-0.25, -0.2) is 4.98 Å². The van der Waals surface area contributed by atoms with Gasteiger partial charge in [0.1, 0.15) is 5.69 Å². The van der Waals surface area contributed by atoms with E-state index in [-0.39, 0.29) is 12.0 Å². The van der Waals surface area contributed by atoms with Gasteiger partial charge >= 0.3 is 6.36 Å². The molecule has 14 heavy (non-hydrogen) atoms. The molecule has 0 spiro atoms. The molecule has 1 N–H and O–H groups in total. The number of aromatic nitrogens is 1. The molecular formula is C7H4F3NO3. The topological polar surface area (TPSA) is 59.4 Å². The van der Waals surface area contributed by atoms with Crippen LogP contribution in [0, 0.1) is 0 Å². The highest BCUT2D eigenvalue weighted by atomic mass is 19.4. The first-order valence-corrected chi connectivity index (χ1v) is 3.32. The van der Waals surface area contributed by atoms with Gasteiger partial charge in [0.05, 0.1) is 6.20 Å². The Labute approximate surface area is 75.9 Å². The van der Waals surface area contributed by atoms with Gasteiger partial charge in [-0.3, -0.25) is 4.79 Å². The summed E-state index contributed by atoms with van der Waals surface area (Å²) >= 11 is 0. The van der Waals surface area contributed by atoms with Crippen LogP contribution >= 0.6 is 0 Å². The molecule has 0 unspecified atom stereocenters. The highest BCUT2D eigenvalue weighted by Gasteiger charge is 2.32. The molecular weight excluding hydrogens is 203 g/mol. The van der Waals surface area contributed by atoms with Crippen LogP contribution in [0.4, 0.5) is 13.2 Å². The number of nitrogens with zero attached hydrogens (tertiary/aromatic N) is 1. The molecule has 0 aliphatic carbocycles. The number of pyridine rings is 1. The first-order chi connectivity index (χ1) is 6.42. The third-order valence-corrected chi connectivity index (χ3v) is 1.21. The number of halogens is 3. The van der Waals surface area contributed by atoms with Crippen molar-refractivity contribution in [2.24, 2.45) is 0 Å². The normalized spacial score (nSPS) is 11.1. The molecule has 1 aromatic heterocycles. The molecule has 76 valence electrons. The van der Waals surface area contributed by atoms with Crippen LogP contribution in [0.15, 0.2) is 12.3 Å². The number of carbonyl (C=O) groups excluding carboxylic acids is 1. The van der Waals surface area contributed by atoms with E-state index in [9.17, 15) is 18.0 Å². The molecule has 0 fully saturated rings. The summed E-state index contributed by atoms with van der Waals surface area (Å²) in [6, 6.07) is 0.690. The van der Waals surface area contributed by atoms with Gasteiger partial charge < -0.3 is 9.84 Å². The van der Waals surface area contributed by atoms with Gasteiger partial charge in [-0.1, -0.05) is 0 Å². The maximum absolute atomic E-state index is 11.7. The molecule has 0 bridgehead atoms. The number of rotatable bonds is 2. The van der Waals surface area contributed by atoms with Crippen molar-refractivity contribution in [1.82, 2.24) is 4.98 Å². The summed E-state index contributed by atoms with van der Waals surface area (Å²) in [4.78, 5) is 13.5. The van der Waals surface area contributed by atoms with Crippen LogP contribution in [0.1, 0.15) is 10.5 Å². The lowest BCUT2D eigenvalue weighted by Gasteiger charge is -2.09. The van der Waals surface area contributed by atoms with Crippen molar-refractivity contribution < 1.29 is 27.8 Å². The molecule has 1 heterocycles. The Bertz CT molecular complexity index is 351. The van der Waals surface area contributed by atoms with E-state index in [4.69, 9.17) is 5.11 Å². The van der Waals surface area contributed by atoms with E-state index in [0.717, 1.165) is 0 Å². The Morgan fingerprint density at radius 2 is 2.14 bits per heavy atom. The summed E-state index contributed by atoms with van der Waals surface area (Å²) in [5, 5.41) is 8.89. The fourth-order valence-electron chi connectivity index (χ4n) is 0.716. The minimum absolute atomic E-state index is 0.239. The quantitative estimate of drug-likeness (QED) is 0.746. The van der Waals surface area contributed by atoms with Crippen molar-refractivity contribution in [2.45, 2.75) is 6.36 Å². The smallest absolute Gasteiger partial charge is 0.503 e. The lowest BCUT2D eigenvalue weighted by atomic mass is 10.3. The summed E-state index contributed by atoms with van der Waals surface area (Å²) in [5.74, 6) is -1.64. The molecule has 4 nitrogen and oxygen atoms in total. The van der Waals surface area contributed by atoms with Gasteiger partial charge in [0, 0.05) is 6.07 Å². The number of alkyl halides is 3. The average molecular weight is 207 g/mol. The second kappa shape index (κ2) is 3.52. The summed E-state index contributed by atoms with van der Waals surface area (Å²) in [6.07, 6.45) is -3.98. The SMILES string of the molecule is O=Cc1cc(OC(F)(F)F)c(O)cn1. The van der Waals surface area contributed by atoms with E-state index in [1.165, 1.54) is 0 Å². The molecule has 1 rings (SSSR count). The van der Waals surface area contributed by atoms with Crippen molar-refractivity contribution >= 4 is 6.29 Å². The lowest BCUT2D eigenvalue weighted by Crippen LogP contribution is -2.17. The van der Waals surface area contributed by atoms with Gasteiger partial charge in [-0.2, -0.15) is 0 Å². The Balaban J connectivity index is 3.01. The predicted molar refractivity (Wildman–Crippen MR) is 38.0 cm³/mol. The highest BCUT2D eigenvalue weighted by molar-refractivity contribution is 5.73. The van der Waals surface area contributed by atoms with Crippen LogP contribution < -0.4 is 4.74 Å². The monoisotopic (exact) mass is 207 g/mol. The Morgan fingerprint density at radius 3 is 2.64 bits per heavy atom. The maximum Gasteiger partial charge on any atom is 0.573 e. The van der Waals surface area contributed by atoms with E-state index in [1.807, 2.05) is 0 Å². The number of aromatic hydroxyl groups is 1. The van der Waals surface area contributed by atoms with Crippen molar-refractivity contribution in [2.75, 3.05) is 0 Å². The fourth-order valence-corrected chi connectivity index (χ4v) is 0.716. The highest BCUT2D eigenvalue weighted by Crippen LogP contribution is 2.30. The third-order valence-electron chi connectivity index (χ3n) is 1.21. The number of hydrogen-bond acceptors (Lipinski definition) is 4. The summed E-state index contributed by atoms with van der Waals surface area (Å²) in [7, 11) is 0. The minimum atomic E-state index is -4.92. The van der Waals surface area contributed by atoms with Crippen LogP contribution in [0.5, 0.6) is 11.5 Å². The van der Waals surface area contributed by atoms with E-state index < -0.39 is 17.9 Å². The minimum Gasteiger partial charge on any atom is -0.503 e. The zero-order valence-electron chi connectivity index (χ0n) is 6.58. The third kappa shape index (κ3) is 2.61. The van der Waals surface area contributed by atoms with Crippen molar-refractivity contribution in [3.8, 4) is 11.5 Å². The molecule has 0 saturated carbocycles. The zero-order chi connectivity index (χ0) is 10.8. The first-order valence-electron chi connectivity index (χ1n) is 3.32.